The Morgan fingerprint density at radius 2 is 1.88 bits per heavy atom. The molecule has 0 fully saturated rings. The van der Waals surface area contributed by atoms with Gasteiger partial charge in [0, 0.05) is 25.1 Å². The van der Waals surface area contributed by atoms with Gasteiger partial charge in [-0.1, -0.05) is 38.1 Å². The fraction of sp³-hybridized carbons (Fsp3) is 0.571. The van der Waals surface area contributed by atoms with Crippen LogP contribution in [0.3, 0.4) is 0 Å². The van der Waals surface area contributed by atoms with Gasteiger partial charge in [-0.3, -0.25) is 0 Å². The van der Waals surface area contributed by atoms with E-state index in [9.17, 15) is 5.11 Å². The minimum absolute atomic E-state index is 0.0303. The number of aryl methyl sites for hydroxylation is 1. The molecule has 0 unspecified atom stereocenters. The molecule has 90 valence electrons. The Morgan fingerprint density at radius 1 is 1.25 bits per heavy atom. The summed E-state index contributed by atoms with van der Waals surface area (Å²) in [5, 5.41) is 9.24. The van der Waals surface area contributed by atoms with Crippen LogP contribution in [0.25, 0.3) is 0 Å². The van der Waals surface area contributed by atoms with Crippen LogP contribution in [-0.2, 0) is 6.54 Å². The molecule has 0 aliphatic heterocycles. The number of aliphatic hydroxyl groups is 1. The van der Waals surface area contributed by atoms with E-state index in [4.69, 9.17) is 0 Å². The van der Waals surface area contributed by atoms with Crippen molar-refractivity contribution in [2.45, 2.75) is 27.3 Å². The molecule has 0 radical (unpaired) electrons. The highest BCUT2D eigenvalue weighted by Gasteiger charge is 2.18. The third-order valence-corrected chi connectivity index (χ3v) is 2.83. The lowest BCUT2D eigenvalue weighted by Gasteiger charge is -2.28. The van der Waals surface area contributed by atoms with Gasteiger partial charge in [-0.25, -0.2) is 0 Å². The Balaban J connectivity index is 2.58. The van der Waals surface area contributed by atoms with Crippen LogP contribution in [0.15, 0.2) is 24.3 Å². The molecule has 2 nitrogen and oxygen atoms in total. The highest BCUT2D eigenvalue weighted by molar-refractivity contribution is 5.25. The van der Waals surface area contributed by atoms with E-state index >= 15 is 0 Å². The smallest absolute Gasteiger partial charge is 0.0494 e. The summed E-state index contributed by atoms with van der Waals surface area (Å²) in [6.45, 7) is 8.38. The van der Waals surface area contributed by atoms with Gasteiger partial charge in [0.2, 0.25) is 0 Å². The first-order valence-corrected chi connectivity index (χ1v) is 5.78. The molecule has 0 bridgehead atoms. The molecule has 0 heterocycles. The number of nitrogens with zero attached hydrogens (tertiary/aromatic N) is 1. The van der Waals surface area contributed by atoms with Gasteiger partial charge in [0.25, 0.3) is 0 Å². The molecular weight excluding hydrogens is 198 g/mol. The molecular formula is C14H23NO. The van der Waals surface area contributed by atoms with E-state index in [1.807, 2.05) is 0 Å². The fourth-order valence-electron chi connectivity index (χ4n) is 1.91. The fourth-order valence-corrected chi connectivity index (χ4v) is 1.91. The molecule has 0 atom stereocenters. The molecule has 0 saturated heterocycles. The average molecular weight is 221 g/mol. The van der Waals surface area contributed by atoms with Crippen LogP contribution in [0.2, 0.25) is 0 Å². The normalized spacial score (nSPS) is 12.1. The van der Waals surface area contributed by atoms with Gasteiger partial charge in [-0.2, -0.15) is 0 Å². The number of rotatable bonds is 5. The standard InChI is InChI=1S/C14H23NO/c1-12-7-5-6-8-13(12)9-15(4)10-14(2,3)11-16/h5-8,16H,9-11H2,1-4H3. The van der Waals surface area contributed by atoms with Crippen LogP contribution in [-0.4, -0.2) is 30.2 Å². The van der Waals surface area contributed by atoms with Crippen LogP contribution < -0.4 is 0 Å². The number of hydrogen-bond acceptors (Lipinski definition) is 2. The Morgan fingerprint density at radius 3 is 2.44 bits per heavy atom. The minimum atomic E-state index is -0.0303. The lowest BCUT2D eigenvalue weighted by atomic mass is 9.94. The van der Waals surface area contributed by atoms with E-state index in [1.165, 1.54) is 11.1 Å². The number of aliphatic hydroxyl groups excluding tert-OH is 1. The molecule has 1 N–H and O–H groups in total. The first-order valence-electron chi connectivity index (χ1n) is 5.78. The Bertz CT molecular complexity index is 333. The van der Waals surface area contributed by atoms with Gasteiger partial charge in [0.05, 0.1) is 0 Å². The molecule has 1 rings (SSSR count). The lowest BCUT2D eigenvalue weighted by molar-refractivity contribution is 0.112. The lowest BCUT2D eigenvalue weighted by Crippen LogP contribution is -2.33. The summed E-state index contributed by atoms with van der Waals surface area (Å²) in [7, 11) is 2.10. The van der Waals surface area contributed by atoms with Gasteiger partial charge in [0.15, 0.2) is 0 Å². The molecule has 2 heteroatoms. The van der Waals surface area contributed by atoms with Gasteiger partial charge < -0.3 is 10.0 Å². The van der Waals surface area contributed by atoms with Crippen LogP contribution >= 0.6 is 0 Å². The molecule has 1 aromatic rings. The SMILES string of the molecule is Cc1ccccc1CN(C)CC(C)(C)CO. The van der Waals surface area contributed by atoms with E-state index < -0.39 is 0 Å². The maximum Gasteiger partial charge on any atom is 0.0494 e. The molecule has 0 spiro atoms. The topological polar surface area (TPSA) is 23.5 Å². The molecule has 0 saturated carbocycles. The predicted octanol–water partition coefficient (Wildman–Crippen LogP) is 2.45. The Kier molecular flexibility index (Phi) is 4.51. The van der Waals surface area contributed by atoms with E-state index in [2.05, 4.69) is 57.0 Å². The molecule has 16 heavy (non-hydrogen) atoms. The van der Waals surface area contributed by atoms with Crippen molar-refractivity contribution in [2.24, 2.45) is 5.41 Å². The van der Waals surface area contributed by atoms with E-state index in [0.717, 1.165) is 13.1 Å². The van der Waals surface area contributed by atoms with Crippen molar-refractivity contribution >= 4 is 0 Å². The third-order valence-electron chi connectivity index (χ3n) is 2.83. The maximum absolute atomic E-state index is 9.24. The van der Waals surface area contributed by atoms with Crippen LogP contribution in [0.5, 0.6) is 0 Å². The summed E-state index contributed by atoms with van der Waals surface area (Å²) in [6, 6.07) is 8.45. The van der Waals surface area contributed by atoms with E-state index in [0.29, 0.717) is 0 Å². The van der Waals surface area contributed by atoms with Crippen molar-refractivity contribution in [2.75, 3.05) is 20.2 Å². The number of hydrogen-bond donors (Lipinski definition) is 1. The van der Waals surface area contributed by atoms with E-state index in [-0.39, 0.29) is 12.0 Å². The Labute approximate surface area is 98.9 Å². The molecule has 0 aliphatic rings. The largest absolute Gasteiger partial charge is 0.396 e. The van der Waals surface area contributed by atoms with Crippen LogP contribution in [0.1, 0.15) is 25.0 Å². The summed E-state index contributed by atoms with van der Waals surface area (Å²) in [5.41, 5.74) is 2.66. The van der Waals surface area contributed by atoms with Gasteiger partial charge in [-0.15, -0.1) is 0 Å². The van der Waals surface area contributed by atoms with Crippen molar-refractivity contribution in [3.05, 3.63) is 35.4 Å². The summed E-state index contributed by atoms with van der Waals surface area (Å²) in [6.07, 6.45) is 0. The summed E-state index contributed by atoms with van der Waals surface area (Å²) in [4.78, 5) is 2.26. The van der Waals surface area contributed by atoms with Gasteiger partial charge in [0.1, 0.15) is 0 Å². The highest BCUT2D eigenvalue weighted by Crippen LogP contribution is 2.17. The molecule has 0 aromatic heterocycles. The van der Waals surface area contributed by atoms with Crippen LogP contribution in [0.4, 0.5) is 0 Å². The highest BCUT2D eigenvalue weighted by atomic mass is 16.3. The average Bonchev–Trinajstić information content (AvgIpc) is 2.21. The summed E-state index contributed by atoms with van der Waals surface area (Å²) < 4.78 is 0. The monoisotopic (exact) mass is 221 g/mol. The zero-order valence-corrected chi connectivity index (χ0v) is 10.8. The molecule has 0 amide bonds. The zero-order chi connectivity index (χ0) is 12.2. The first kappa shape index (κ1) is 13.2. The maximum atomic E-state index is 9.24. The first-order chi connectivity index (χ1) is 7.44. The van der Waals surface area contributed by atoms with Gasteiger partial charge in [-0.05, 0) is 25.1 Å². The van der Waals surface area contributed by atoms with E-state index in [1.54, 1.807) is 0 Å². The second kappa shape index (κ2) is 5.46. The van der Waals surface area contributed by atoms with Crippen molar-refractivity contribution in [3.63, 3.8) is 0 Å². The molecule has 0 aliphatic carbocycles. The van der Waals surface area contributed by atoms with Crippen molar-refractivity contribution < 1.29 is 5.11 Å². The van der Waals surface area contributed by atoms with Crippen molar-refractivity contribution in [1.29, 1.82) is 0 Å². The van der Waals surface area contributed by atoms with Crippen molar-refractivity contribution in [1.82, 2.24) is 4.90 Å². The second-order valence-corrected chi connectivity index (χ2v) is 5.42. The quantitative estimate of drug-likeness (QED) is 0.825. The van der Waals surface area contributed by atoms with Crippen LogP contribution in [0, 0.1) is 12.3 Å². The zero-order valence-electron chi connectivity index (χ0n) is 10.8. The second-order valence-electron chi connectivity index (χ2n) is 5.42. The third kappa shape index (κ3) is 3.95. The van der Waals surface area contributed by atoms with Gasteiger partial charge >= 0.3 is 0 Å². The molecule has 1 aromatic carbocycles. The minimum Gasteiger partial charge on any atom is -0.396 e. The number of benzene rings is 1. The van der Waals surface area contributed by atoms with Crippen molar-refractivity contribution in [3.8, 4) is 0 Å². The predicted molar refractivity (Wildman–Crippen MR) is 68.4 cm³/mol. The summed E-state index contributed by atoms with van der Waals surface area (Å²) >= 11 is 0. The summed E-state index contributed by atoms with van der Waals surface area (Å²) in [5.74, 6) is 0. The Hall–Kier alpha value is -0.860.